The zero-order valence-electron chi connectivity index (χ0n) is 12.4. The number of ether oxygens (including phenoxy) is 2. The zero-order valence-corrected chi connectivity index (χ0v) is 12.4. The number of aliphatic hydroxyl groups is 1. The van der Waals surface area contributed by atoms with E-state index in [-0.39, 0.29) is 17.5 Å². The molecule has 4 nitrogen and oxygen atoms in total. The summed E-state index contributed by atoms with van der Waals surface area (Å²) in [6.45, 7) is 0.286. The van der Waals surface area contributed by atoms with Crippen LogP contribution >= 0.6 is 0 Å². The lowest BCUT2D eigenvalue weighted by atomic mass is 9.88. The summed E-state index contributed by atoms with van der Waals surface area (Å²) in [6, 6.07) is 6.78. The molecule has 122 valence electrons. The Bertz CT molecular complexity index is 487. The molecule has 1 atom stereocenters. The van der Waals surface area contributed by atoms with Gasteiger partial charge in [0.15, 0.2) is 0 Å². The maximum Gasteiger partial charge on any atom is 0.387 e. The van der Waals surface area contributed by atoms with Gasteiger partial charge in [0, 0.05) is 26.1 Å². The highest BCUT2D eigenvalue weighted by molar-refractivity contribution is 5.27. The second-order valence-electron chi connectivity index (χ2n) is 6.15. The third-order valence-corrected chi connectivity index (χ3v) is 4.51. The molecule has 1 aromatic rings. The van der Waals surface area contributed by atoms with Crippen LogP contribution in [0.2, 0.25) is 0 Å². The minimum absolute atomic E-state index is 0.134. The number of piperidine rings is 1. The van der Waals surface area contributed by atoms with E-state index in [4.69, 9.17) is 4.74 Å². The Balaban J connectivity index is 1.50. The van der Waals surface area contributed by atoms with Crippen LogP contribution in [-0.4, -0.2) is 48.0 Å². The van der Waals surface area contributed by atoms with Crippen LogP contribution in [0.5, 0.6) is 5.75 Å². The molecule has 22 heavy (non-hydrogen) atoms. The van der Waals surface area contributed by atoms with Gasteiger partial charge in [-0.1, -0.05) is 12.1 Å². The summed E-state index contributed by atoms with van der Waals surface area (Å²) >= 11 is 0. The molecular weight excluding hydrogens is 292 g/mol. The van der Waals surface area contributed by atoms with Gasteiger partial charge in [0.2, 0.25) is 0 Å². The van der Waals surface area contributed by atoms with Crippen LogP contribution in [0.3, 0.4) is 0 Å². The van der Waals surface area contributed by atoms with Gasteiger partial charge < -0.3 is 14.6 Å². The second kappa shape index (κ2) is 6.48. The third kappa shape index (κ3) is 3.74. The van der Waals surface area contributed by atoms with Crippen LogP contribution in [-0.2, 0) is 11.3 Å². The van der Waals surface area contributed by atoms with Gasteiger partial charge in [-0.2, -0.15) is 8.78 Å². The number of halogens is 2. The number of nitrogens with zero attached hydrogens (tertiary/aromatic N) is 1. The number of rotatable bonds is 4. The lowest BCUT2D eigenvalue weighted by Crippen LogP contribution is -2.43. The molecule has 2 aliphatic rings. The smallest absolute Gasteiger partial charge is 0.387 e. The van der Waals surface area contributed by atoms with E-state index >= 15 is 0 Å². The first kappa shape index (κ1) is 15.6. The molecule has 3 rings (SSSR count). The number of benzene rings is 1. The highest BCUT2D eigenvalue weighted by atomic mass is 19.3. The topological polar surface area (TPSA) is 41.9 Å². The van der Waals surface area contributed by atoms with Gasteiger partial charge in [-0.3, -0.25) is 4.90 Å². The van der Waals surface area contributed by atoms with Gasteiger partial charge >= 0.3 is 6.61 Å². The molecule has 1 N–H and O–H groups in total. The minimum atomic E-state index is -2.79. The molecule has 0 aliphatic carbocycles. The second-order valence-corrected chi connectivity index (χ2v) is 6.15. The van der Waals surface area contributed by atoms with Crippen molar-refractivity contribution < 1.29 is 23.4 Å². The predicted octanol–water partition coefficient (Wildman–Crippen LogP) is 2.40. The van der Waals surface area contributed by atoms with Crippen molar-refractivity contribution in [3.63, 3.8) is 0 Å². The summed E-state index contributed by atoms with van der Waals surface area (Å²) in [5.74, 6) is 0.185. The van der Waals surface area contributed by atoms with Crippen molar-refractivity contribution in [1.29, 1.82) is 0 Å². The number of hydrogen-bond donors (Lipinski definition) is 1. The molecule has 0 aromatic heterocycles. The number of alkyl halides is 2. The normalized spacial score (nSPS) is 25.0. The predicted molar refractivity (Wildman–Crippen MR) is 76.9 cm³/mol. The molecule has 6 heteroatoms. The number of hydrogen-bond acceptors (Lipinski definition) is 4. The van der Waals surface area contributed by atoms with Crippen LogP contribution in [0.25, 0.3) is 0 Å². The van der Waals surface area contributed by atoms with Gasteiger partial charge in [-0.15, -0.1) is 0 Å². The van der Waals surface area contributed by atoms with Crippen LogP contribution in [0, 0.1) is 0 Å². The molecule has 2 fully saturated rings. The number of aliphatic hydroxyl groups excluding tert-OH is 1. The van der Waals surface area contributed by atoms with Crippen LogP contribution < -0.4 is 4.74 Å². The van der Waals surface area contributed by atoms with Crippen molar-refractivity contribution in [1.82, 2.24) is 4.90 Å². The van der Waals surface area contributed by atoms with Crippen molar-refractivity contribution in [3.8, 4) is 5.75 Å². The first-order valence-electron chi connectivity index (χ1n) is 7.63. The minimum Gasteiger partial charge on any atom is -0.435 e. The summed E-state index contributed by atoms with van der Waals surface area (Å²) in [5, 5.41) is 9.63. The van der Waals surface area contributed by atoms with Gasteiger partial charge in [-0.25, -0.2) is 0 Å². The molecule has 0 amide bonds. The molecule has 0 unspecified atom stereocenters. The van der Waals surface area contributed by atoms with Crippen LogP contribution in [0.4, 0.5) is 8.78 Å². The molecule has 2 heterocycles. The highest BCUT2D eigenvalue weighted by Crippen LogP contribution is 2.36. The average molecular weight is 313 g/mol. The molecule has 1 spiro atoms. The van der Waals surface area contributed by atoms with Crippen molar-refractivity contribution in [3.05, 3.63) is 29.8 Å². The maximum absolute atomic E-state index is 12.1. The van der Waals surface area contributed by atoms with Gasteiger partial charge in [0.1, 0.15) is 5.75 Å². The van der Waals surface area contributed by atoms with E-state index in [1.54, 1.807) is 12.1 Å². The van der Waals surface area contributed by atoms with E-state index in [0.717, 1.165) is 44.5 Å². The van der Waals surface area contributed by atoms with Crippen molar-refractivity contribution in [2.24, 2.45) is 0 Å². The van der Waals surface area contributed by atoms with Crippen molar-refractivity contribution >= 4 is 0 Å². The fraction of sp³-hybridized carbons (Fsp3) is 0.625. The molecule has 0 radical (unpaired) electrons. The molecule has 2 aliphatic heterocycles. The Labute approximate surface area is 128 Å². The zero-order chi connectivity index (χ0) is 15.6. The Morgan fingerprint density at radius 1 is 1.27 bits per heavy atom. The first-order valence-corrected chi connectivity index (χ1v) is 7.63. The van der Waals surface area contributed by atoms with E-state index in [1.807, 2.05) is 12.1 Å². The first-order chi connectivity index (χ1) is 10.5. The van der Waals surface area contributed by atoms with E-state index in [2.05, 4.69) is 9.64 Å². The fourth-order valence-electron chi connectivity index (χ4n) is 3.32. The van der Waals surface area contributed by atoms with Crippen LogP contribution in [0.1, 0.15) is 24.8 Å². The Kier molecular flexibility index (Phi) is 4.61. The summed E-state index contributed by atoms with van der Waals surface area (Å²) in [7, 11) is 0. The summed E-state index contributed by atoms with van der Waals surface area (Å²) < 4.78 is 34.3. The summed E-state index contributed by atoms with van der Waals surface area (Å²) in [6.07, 6.45) is 2.27. The molecule has 2 saturated heterocycles. The standard InChI is InChI=1S/C16H21F2NO3/c17-15(18)22-14-3-1-12(2-4-14)10-19-7-5-16(6-8-19)9-13(20)11-21-16/h1-4,13,15,20H,5-11H2/t13-/m0/s1. The lowest BCUT2D eigenvalue weighted by Gasteiger charge is -2.38. The largest absolute Gasteiger partial charge is 0.435 e. The van der Waals surface area contributed by atoms with Crippen LogP contribution in [0.15, 0.2) is 24.3 Å². The molecule has 1 aromatic carbocycles. The maximum atomic E-state index is 12.1. The van der Waals surface area contributed by atoms with Gasteiger partial charge in [0.25, 0.3) is 0 Å². The van der Waals surface area contributed by atoms with Crippen molar-refractivity contribution in [2.75, 3.05) is 19.7 Å². The molecule has 0 saturated carbocycles. The molecular formula is C16H21F2NO3. The average Bonchev–Trinajstić information content (AvgIpc) is 2.84. The quantitative estimate of drug-likeness (QED) is 0.927. The highest BCUT2D eigenvalue weighted by Gasteiger charge is 2.41. The monoisotopic (exact) mass is 313 g/mol. The van der Waals surface area contributed by atoms with E-state index in [1.165, 1.54) is 0 Å². The van der Waals surface area contributed by atoms with Gasteiger partial charge in [-0.05, 0) is 30.5 Å². The fourth-order valence-corrected chi connectivity index (χ4v) is 3.32. The summed E-state index contributed by atoms with van der Waals surface area (Å²) in [4.78, 5) is 2.32. The third-order valence-electron chi connectivity index (χ3n) is 4.51. The molecule has 0 bridgehead atoms. The van der Waals surface area contributed by atoms with E-state index < -0.39 is 6.61 Å². The Morgan fingerprint density at radius 2 is 1.95 bits per heavy atom. The van der Waals surface area contributed by atoms with Crippen molar-refractivity contribution in [2.45, 2.75) is 44.1 Å². The number of likely N-dealkylation sites (tertiary alicyclic amines) is 1. The Hall–Kier alpha value is -1.24. The van der Waals surface area contributed by atoms with E-state index in [0.29, 0.717) is 6.61 Å². The van der Waals surface area contributed by atoms with E-state index in [9.17, 15) is 13.9 Å². The van der Waals surface area contributed by atoms with Gasteiger partial charge in [0.05, 0.1) is 18.3 Å². The SMILES string of the molecule is O[C@@H]1COC2(CCN(Cc3ccc(OC(F)F)cc3)CC2)C1. The Morgan fingerprint density at radius 3 is 2.50 bits per heavy atom. The summed E-state index contributed by atoms with van der Waals surface area (Å²) in [5.41, 5.74) is 0.940. The lowest BCUT2D eigenvalue weighted by molar-refractivity contribution is -0.0498.